The molecular weight excluding hydrogens is 332 g/mol. The summed E-state index contributed by atoms with van der Waals surface area (Å²) in [4.78, 5) is 18.7. The van der Waals surface area contributed by atoms with Crippen LogP contribution in [0.4, 0.5) is 0 Å². The summed E-state index contributed by atoms with van der Waals surface area (Å²) >= 11 is 0. The van der Waals surface area contributed by atoms with E-state index < -0.39 is 0 Å². The molecule has 1 aromatic heterocycles. The standard InChI is InChI=1S/C19H26N4O3/c1-25-16-7-5-15(6-8-16)19-21-18(26-22-19)10-9-17(24)20-11-4-14-23-12-2-3-13-23/h5-8H,2-4,9-14H2,1H3,(H,20,24). The maximum atomic E-state index is 11.9. The van der Waals surface area contributed by atoms with Crippen molar-refractivity contribution in [1.29, 1.82) is 0 Å². The number of hydrogen-bond acceptors (Lipinski definition) is 6. The Morgan fingerprint density at radius 3 is 2.77 bits per heavy atom. The zero-order valence-electron chi connectivity index (χ0n) is 15.2. The van der Waals surface area contributed by atoms with Gasteiger partial charge in [0.15, 0.2) is 0 Å². The van der Waals surface area contributed by atoms with Crippen molar-refractivity contribution in [1.82, 2.24) is 20.4 Å². The Hall–Kier alpha value is -2.41. The normalized spacial score (nSPS) is 14.5. The number of nitrogens with zero attached hydrogens (tertiary/aromatic N) is 3. The van der Waals surface area contributed by atoms with Gasteiger partial charge in [-0.2, -0.15) is 4.98 Å². The van der Waals surface area contributed by atoms with E-state index in [2.05, 4.69) is 20.4 Å². The Morgan fingerprint density at radius 2 is 2.04 bits per heavy atom. The summed E-state index contributed by atoms with van der Waals surface area (Å²) in [6.45, 7) is 4.18. The molecule has 1 aromatic carbocycles. The van der Waals surface area contributed by atoms with Gasteiger partial charge >= 0.3 is 0 Å². The third kappa shape index (κ3) is 5.29. The topological polar surface area (TPSA) is 80.5 Å². The number of carbonyl (C=O) groups is 1. The lowest BCUT2D eigenvalue weighted by atomic mass is 10.2. The molecular formula is C19H26N4O3. The van der Waals surface area contributed by atoms with Crippen LogP contribution in [-0.4, -0.2) is 54.2 Å². The van der Waals surface area contributed by atoms with Gasteiger partial charge in [-0.05, 0) is 63.2 Å². The van der Waals surface area contributed by atoms with E-state index in [9.17, 15) is 4.79 Å². The summed E-state index contributed by atoms with van der Waals surface area (Å²) < 4.78 is 10.4. The quantitative estimate of drug-likeness (QED) is 0.693. The van der Waals surface area contributed by atoms with Crippen molar-refractivity contribution in [3.05, 3.63) is 30.2 Å². The van der Waals surface area contributed by atoms with Crippen LogP contribution in [0.3, 0.4) is 0 Å². The number of hydrogen-bond donors (Lipinski definition) is 1. The number of rotatable bonds is 9. The molecule has 140 valence electrons. The van der Waals surface area contributed by atoms with Gasteiger partial charge < -0.3 is 19.5 Å². The number of amides is 1. The van der Waals surface area contributed by atoms with Crippen molar-refractivity contribution in [2.24, 2.45) is 0 Å². The van der Waals surface area contributed by atoms with E-state index >= 15 is 0 Å². The van der Waals surface area contributed by atoms with E-state index in [-0.39, 0.29) is 5.91 Å². The van der Waals surface area contributed by atoms with Crippen molar-refractivity contribution in [2.45, 2.75) is 32.1 Å². The predicted octanol–water partition coefficient (Wildman–Crippen LogP) is 2.28. The molecule has 26 heavy (non-hydrogen) atoms. The summed E-state index contributed by atoms with van der Waals surface area (Å²) in [6.07, 6.45) is 4.40. The van der Waals surface area contributed by atoms with Crippen LogP contribution in [0.1, 0.15) is 31.6 Å². The minimum absolute atomic E-state index is 0.0237. The number of nitrogens with one attached hydrogen (secondary N) is 1. The largest absolute Gasteiger partial charge is 0.497 e. The Morgan fingerprint density at radius 1 is 1.27 bits per heavy atom. The molecule has 0 radical (unpaired) electrons. The second-order valence-electron chi connectivity index (χ2n) is 6.49. The van der Waals surface area contributed by atoms with Gasteiger partial charge in [0.25, 0.3) is 0 Å². The minimum Gasteiger partial charge on any atom is -0.497 e. The molecule has 2 heterocycles. The highest BCUT2D eigenvalue weighted by atomic mass is 16.5. The number of likely N-dealkylation sites (tertiary alicyclic amines) is 1. The molecule has 1 saturated heterocycles. The van der Waals surface area contributed by atoms with E-state index in [1.807, 2.05) is 24.3 Å². The molecule has 3 rings (SSSR count). The monoisotopic (exact) mass is 358 g/mol. The zero-order chi connectivity index (χ0) is 18.2. The lowest BCUT2D eigenvalue weighted by Gasteiger charge is -2.14. The third-order valence-electron chi connectivity index (χ3n) is 4.55. The fourth-order valence-electron chi connectivity index (χ4n) is 3.06. The van der Waals surface area contributed by atoms with Crippen molar-refractivity contribution >= 4 is 5.91 Å². The van der Waals surface area contributed by atoms with Gasteiger partial charge in [-0.25, -0.2) is 0 Å². The molecule has 0 saturated carbocycles. The average Bonchev–Trinajstić information content (AvgIpc) is 3.35. The Labute approximate surface area is 153 Å². The maximum absolute atomic E-state index is 11.9. The van der Waals surface area contributed by atoms with Crippen LogP contribution in [0, 0.1) is 0 Å². The number of aromatic nitrogens is 2. The van der Waals surface area contributed by atoms with Crippen LogP contribution < -0.4 is 10.1 Å². The highest BCUT2D eigenvalue weighted by molar-refractivity contribution is 5.75. The van der Waals surface area contributed by atoms with Gasteiger partial charge in [-0.1, -0.05) is 5.16 Å². The zero-order valence-corrected chi connectivity index (χ0v) is 15.2. The van der Waals surface area contributed by atoms with Crippen LogP contribution in [0.2, 0.25) is 0 Å². The van der Waals surface area contributed by atoms with E-state index in [1.54, 1.807) is 7.11 Å². The lowest BCUT2D eigenvalue weighted by Crippen LogP contribution is -2.28. The molecule has 1 aliphatic heterocycles. The molecule has 1 N–H and O–H groups in total. The molecule has 0 bridgehead atoms. The number of benzene rings is 1. The molecule has 0 spiro atoms. The van der Waals surface area contributed by atoms with Gasteiger partial charge in [-0.15, -0.1) is 0 Å². The van der Waals surface area contributed by atoms with Crippen molar-refractivity contribution in [2.75, 3.05) is 33.3 Å². The molecule has 0 aliphatic carbocycles. The first-order valence-corrected chi connectivity index (χ1v) is 9.20. The van der Waals surface area contributed by atoms with E-state index in [1.165, 1.54) is 25.9 Å². The summed E-state index contributed by atoms with van der Waals surface area (Å²) in [5, 5.41) is 6.93. The first-order valence-electron chi connectivity index (χ1n) is 9.20. The molecule has 0 atom stereocenters. The fraction of sp³-hybridized carbons (Fsp3) is 0.526. The SMILES string of the molecule is COc1ccc(-c2noc(CCC(=O)NCCCN3CCCC3)n2)cc1. The van der Waals surface area contributed by atoms with Crippen LogP contribution in [0.25, 0.3) is 11.4 Å². The van der Waals surface area contributed by atoms with Crippen LogP contribution in [0.15, 0.2) is 28.8 Å². The average molecular weight is 358 g/mol. The fourth-order valence-corrected chi connectivity index (χ4v) is 3.06. The van der Waals surface area contributed by atoms with Crippen molar-refractivity contribution < 1.29 is 14.1 Å². The van der Waals surface area contributed by atoms with Crippen LogP contribution in [0.5, 0.6) is 5.75 Å². The second-order valence-corrected chi connectivity index (χ2v) is 6.49. The number of methoxy groups -OCH3 is 1. The first-order chi connectivity index (χ1) is 12.7. The second kappa shape index (κ2) is 9.33. The first kappa shape index (κ1) is 18.4. The smallest absolute Gasteiger partial charge is 0.227 e. The Balaban J connectivity index is 1.37. The van der Waals surface area contributed by atoms with Gasteiger partial charge in [0, 0.05) is 24.9 Å². The molecule has 1 aliphatic rings. The molecule has 2 aromatic rings. The highest BCUT2D eigenvalue weighted by Gasteiger charge is 2.12. The minimum atomic E-state index is 0.0237. The molecule has 7 heteroatoms. The van der Waals surface area contributed by atoms with Crippen molar-refractivity contribution in [3.63, 3.8) is 0 Å². The summed E-state index contributed by atoms with van der Waals surface area (Å²) in [5.41, 5.74) is 0.854. The molecule has 1 amide bonds. The molecule has 1 fully saturated rings. The molecule has 7 nitrogen and oxygen atoms in total. The van der Waals surface area contributed by atoms with E-state index in [0.717, 1.165) is 30.8 Å². The van der Waals surface area contributed by atoms with Gasteiger partial charge in [0.2, 0.25) is 17.6 Å². The van der Waals surface area contributed by atoms with Crippen LogP contribution in [-0.2, 0) is 11.2 Å². The summed E-state index contributed by atoms with van der Waals surface area (Å²) in [7, 11) is 1.62. The maximum Gasteiger partial charge on any atom is 0.227 e. The predicted molar refractivity (Wildman–Crippen MR) is 97.9 cm³/mol. The lowest BCUT2D eigenvalue weighted by molar-refractivity contribution is -0.121. The highest BCUT2D eigenvalue weighted by Crippen LogP contribution is 2.20. The Kier molecular flexibility index (Phi) is 6.60. The van der Waals surface area contributed by atoms with E-state index in [4.69, 9.17) is 9.26 Å². The number of aryl methyl sites for hydroxylation is 1. The van der Waals surface area contributed by atoms with Gasteiger partial charge in [0.05, 0.1) is 7.11 Å². The summed E-state index contributed by atoms with van der Waals surface area (Å²) in [6, 6.07) is 7.45. The number of ether oxygens (including phenoxy) is 1. The number of carbonyl (C=O) groups excluding carboxylic acids is 1. The van der Waals surface area contributed by atoms with E-state index in [0.29, 0.717) is 24.6 Å². The van der Waals surface area contributed by atoms with Crippen LogP contribution >= 0.6 is 0 Å². The Bertz CT molecular complexity index is 693. The molecule has 0 unspecified atom stereocenters. The van der Waals surface area contributed by atoms with Crippen molar-refractivity contribution in [3.8, 4) is 17.1 Å². The van der Waals surface area contributed by atoms with Gasteiger partial charge in [-0.3, -0.25) is 4.79 Å². The van der Waals surface area contributed by atoms with Gasteiger partial charge in [0.1, 0.15) is 5.75 Å². The summed E-state index contributed by atoms with van der Waals surface area (Å²) in [5.74, 6) is 1.80. The third-order valence-corrected chi connectivity index (χ3v) is 4.55.